The van der Waals surface area contributed by atoms with Gasteiger partial charge in [0.15, 0.2) is 0 Å². The first-order valence-electron chi connectivity index (χ1n) is 11.1. The van der Waals surface area contributed by atoms with E-state index in [1.54, 1.807) is 11.0 Å². The van der Waals surface area contributed by atoms with Gasteiger partial charge in [-0.3, -0.25) is 19.3 Å². The van der Waals surface area contributed by atoms with Crippen LogP contribution in [-0.2, 0) is 16.0 Å². The Bertz CT molecular complexity index is 981. The third-order valence-corrected chi connectivity index (χ3v) is 5.93. The maximum Gasteiger partial charge on any atom is 0.251 e. The van der Waals surface area contributed by atoms with Crippen LogP contribution in [0.5, 0.6) is 0 Å². The van der Waals surface area contributed by atoms with E-state index in [0.717, 1.165) is 28.8 Å². The van der Waals surface area contributed by atoms with Crippen LogP contribution in [0.25, 0.3) is 0 Å². The first kappa shape index (κ1) is 23.5. The fourth-order valence-electron chi connectivity index (χ4n) is 3.75. The Morgan fingerprint density at radius 3 is 2.34 bits per heavy atom. The predicted octanol–water partition coefficient (Wildman–Crippen LogP) is 2.38. The Morgan fingerprint density at radius 2 is 1.66 bits per heavy atom. The summed E-state index contributed by atoms with van der Waals surface area (Å²) >= 11 is 0. The molecule has 1 aliphatic rings. The Kier molecular flexibility index (Phi) is 8.00. The molecule has 2 N–H and O–H groups in total. The van der Waals surface area contributed by atoms with Crippen LogP contribution in [-0.4, -0.2) is 66.8 Å². The number of amides is 3. The van der Waals surface area contributed by atoms with Crippen LogP contribution in [0.3, 0.4) is 0 Å². The molecule has 7 heteroatoms. The Morgan fingerprint density at radius 1 is 0.938 bits per heavy atom. The second kappa shape index (κ2) is 10.9. The number of nitrogens with one attached hydrogen (secondary N) is 2. The summed E-state index contributed by atoms with van der Waals surface area (Å²) in [5.41, 5.74) is 4.69. The molecule has 2 aromatic carbocycles. The molecule has 1 saturated heterocycles. The molecular formula is C25H32N4O3. The van der Waals surface area contributed by atoms with Crippen molar-refractivity contribution in [2.24, 2.45) is 0 Å². The van der Waals surface area contributed by atoms with Crippen molar-refractivity contribution in [1.82, 2.24) is 15.1 Å². The topological polar surface area (TPSA) is 81.8 Å². The zero-order valence-electron chi connectivity index (χ0n) is 19.1. The number of rotatable bonds is 7. The van der Waals surface area contributed by atoms with E-state index in [1.165, 1.54) is 0 Å². The third kappa shape index (κ3) is 6.17. The van der Waals surface area contributed by atoms with Crippen molar-refractivity contribution in [3.8, 4) is 0 Å². The maximum atomic E-state index is 12.5. The molecule has 1 heterocycles. The lowest BCUT2D eigenvalue weighted by Gasteiger charge is -2.34. The monoisotopic (exact) mass is 436 g/mol. The molecule has 0 radical (unpaired) electrons. The van der Waals surface area contributed by atoms with Crippen LogP contribution in [0.4, 0.5) is 5.69 Å². The Labute approximate surface area is 189 Å². The molecule has 3 rings (SSSR count). The van der Waals surface area contributed by atoms with Crippen LogP contribution in [0.2, 0.25) is 0 Å². The van der Waals surface area contributed by atoms with Gasteiger partial charge < -0.3 is 15.5 Å². The van der Waals surface area contributed by atoms with E-state index >= 15 is 0 Å². The van der Waals surface area contributed by atoms with Gasteiger partial charge >= 0.3 is 0 Å². The van der Waals surface area contributed by atoms with Crippen LogP contribution < -0.4 is 10.6 Å². The van der Waals surface area contributed by atoms with Gasteiger partial charge in [0.2, 0.25) is 11.8 Å². The molecule has 0 saturated carbocycles. The number of para-hydroxylation sites is 1. The van der Waals surface area contributed by atoms with E-state index in [-0.39, 0.29) is 24.3 Å². The quantitative estimate of drug-likeness (QED) is 0.698. The summed E-state index contributed by atoms with van der Waals surface area (Å²) in [6.45, 7) is 8.61. The molecule has 0 spiro atoms. The van der Waals surface area contributed by atoms with E-state index in [0.29, 0.717) is 38.3 Å². The molecule has 0 aliphatic carbocycles. The average Bonchev–Trinajstić information content (AvgIpc) is 2.79. The lowest BCUT2D eigenvalue weighted by molar-refractivity contribution is -0.132. The van der Waals surface area contributed by atoms with Crippen molar-refractivity contribution >= 4 is 23.4 Å². The summed E-state index contributed by atoms with van der Waals surface area (Å²) in [5.74, 6) is -0.404. The van der Waals surface area contributed by atoms with Gasteiger partial charge in [-0.05, 0) is 55.2 Å². The SMILES string of the molecule is CCc1ccccc1NC(=O)CN1CCN(C(=O)CNC(=O)c2ccc(C)c(C)c2)CC1. The molecule has 3 amide bonds. The number of aryl methyl sites for hydroxylation is 3. The number of benzene rings is 2. The average molecular weight is 437 g/mol. The summed E-state index contributed by atoms with van der Waals surface area (Å²) in [4.78, 5) is 41.1. The third-order valence-electron chi connectivity index (χ3n) is 5.93. The summed E-state index contributed by atoms with van der Waals surface area (Å²) in [6, 6.07) is 13.3. The van der Waals surface area contributed by atoms with Crippen LogP contribution >= 0.6 is 0 Å². The second-order valence-electron chi connectivity index (χ2n) is 8.20. The predicted molar refractivity (Wildman–Crippen MR) is 126 cm³/mol. The molecule has 0 bridgehead atoms. The molecule has 0 atom stereocenters. The first-order chi connectivity index (χ1) is 15.4. The highest BCUT2D eigenvalue weighted by atomic mass is 16.2. The van der Waals surface area contributed by atoms with E-state index in [2.05, 4.69) is 17.6 Å². The molecule has 0 unspecified atom stereocenters. The maximum absolute atomic E-state index is 12.5. The van der Waals surface area contributed by atoms with E-state index in [9.17, 15) is 14.4 Å². The number of anilines is 1. The minimum Gasteiger partial charge on any atom is -0.343 e. The number of carbonyl (C=O) groups is 3. The number of nitrogens with zero attached hydrogens (tertiary/aromatic N) is 2. The minimum atomic E-state index is -0.246. The molecule has 170 valence electrons. The van der Waals surface area contributed by atoms with Gasteiger partial charge in [0.25, 0.3) is 5.91 Å². The standard InChI is InChI=1S/C25H32N4O3/c1-4-20-7-5-6-8-22(20)27-23(30)17-28-11-13-29(14-12-28)24(31)16-26-25(32)21-10-9-18(2)19(3)15-21/h5-10,15H,4,11-14,16-17H2,1-3H3,(H,26,32)(H,27,30). The van der Waals surface area contributed by atoms with Gasteiger partial charge in [-0.15, -0.1) is 0 Å². The zero-order valence-corrected chi connectivity index (χ0v) is 19.1. The molecule has 1 fully saturated rings. The molecule has 1 aliphatic heterocycles. The fourth-order valence-corrected chi connectivity index (χ4v) is 3.75. The van der Waals surface area contributed by atoms with Crippen molar-refractivity contribution in [1.29, 1.82) is 0 Å². The van der Waals surface area contributed by atoms with Gasteiger partial charge in [-0.1, -0.05) is 31.2 Å². The smallest absolute Gasteiger partial charge is 0.251 e. The van der Waals surface area contributed by atoms with Gasteiger partial charge in [0.05, 0.1) is 13.1 Å². The van der Waals surface area contributed by atoms with E-state index in [1.807, 2.05) is 55.1 Å². The largest absolute Gasteiger partial charge is 0.343 e. The molecule has 0 aromatic heterocycles. The van der Waals surface area contributed by atoms with Crippen molar-refractivity contribution in [3.05, 3.63) is 64.7 Å². The van der Waals surface area contributed by atoms with E-state index in [4.69, 9.17) is 0 Å². The lowest BCUT2D eigenvalue weighted by atomic mass is 10.1. The Balaban J connectivity index is 1.41. The fraction of sp³-hybridized carbons (Fsp3) is 0.400. The zero-order chi connectivity index (χ0) is 23.1. The summed E-state index contributed by atoms with van der Waals surface area (Å²) in [5, 5.41) is 5.71. The minimum absolute atomic E-state index is 0.0277. The van der Waals surface area contributed by atoms with Crippen molar-refractivity contribution < 1.29 is 14.4 Å². The molecular weight excluding hydrogens is 404 g/mol. The number of hydrogen-bond donors (Lipinski definition) is 2. The number of carbonyl (C=O) groups excluding carboxylic acids is 3. The Hall–Kier alpha value is -3.19. The van der Waals surface area contributed by atoms with Gasteiger partial charge in [-0.25, -0.2) is 0 Å². The van der Waals surface area contributed by atoms with Crippen LogP contribution in [0.1, 0.15) is 34.0 Å². The van der Waals surface area contributed by atoms with Gasteiger partial charge in [0, 0.05) is 37.4 Å². The molecule has 2 aromatic rings. The van der Waals surface area contributed by atoms with Gasteiger partial charge in [0.1, 0.15) is 0 Å². The number of piperazine rings is 1. The van der Waals surface area contributed by atoms with Crippen molar-refractivity contribution in [2.75, 3.05) is 44.6 Å². The second-order valence-corrected chi connectivity index (χ2v) is 8.20. The normalized spacial score (nSPS) is 14.2. The van der Waals surface area contributed by atoms with E-state index < -0.39 is 0 Å². The summed E-state index contributed by atoms with van der Waals surface area (Å²) in [7, 11) is 0. The lowest BCUT2D eigenvalue weighted by Crippen LogP contribution is -2.52. The number of hydrogen-bond acceptors (Lipinski definition) is 4. The summed E-state index contributed by atoms with van der Waals surface area (Å²) in [6.07, 6.45) is 0.858. The van der Waals surface area contributed by atoms with Crippen LogP contribution in [0.15, 0.2) is 42.5 Å². The molecule has 7 nitrogen and oxygen atoms in total. The van der Waals surface area contributed by atoms with Crippen molar-refractivity contribution in [3.63, 3.8) is 0 Å². The van der Waals surface area contributed by atoms with Crippen LogP contribution in [0, 0.1) is 13.8 Å². The highest BCUT2D eigenvalue weighted by molar-refractivity contribution is 5.96. The summed E-state index contributed by atoms with van der Waals surface area (Å²) < 4.78 is 0. The first-order valence-corrected chi connectivity index (χ1v) is 11.1. The highest BCUT2D eigenvalue weighted by Gasteiger charge is 2.23. The molecule has 32 heavy (non-hydrogen) atoms. The highest BCUT2D eigenvalue weighted by Crippen LogP contribution is 2.15. The van der Waals surface area contributed by atoms with Gasteiger partial charge in [-0.2, -0.15) is 0 Å². The van der Waals surface area contributed by atoms with Crippen molar-refractivity contribution in [2.45, 2.75) is 27.2 Å².